The second kappa shape index (κ2) is 4.74. The summed E-state index contributed by atoms with van der Waals surface area (Å²) in [6, 6.07) is 3.60. The molecule has 3 aliphatic rings. The van der Waals surface area contributed by atoms with E-state index < -0.39 is 17.7 Å². The molecule has 1 amide bonds. The lowest BCUT2D eigenvalue weighted by molar-refractivity contribution is -0.206. The first kappa shape index (κ1) is 13.6. The molecule has 0 saturated carbocycles. The van der Waals surface area contributed by atoms with Gasteiger partial charge in [-0.2, -0.15) is 0 Å². The van der Waals surface area contributed by atoms with E-state index in [4.69, 9.17) is 9.57 Å². The summed E-state index contributed by atoms with van der Waals surface area (Å²) in [6.45, 7) is 1.74. The largest absolute Gasteiger partial charge is 0.382 e. The van der Waals surface area contributed by atoms with Gasteiger partial charge in [0.2, 0.25) is 6.10 Å². The second-order valence-corrected chi connectivity index (χ2v) is 5.89. The first-order valence-corrected chi connectivity index (χ1v) is 7.17. The molecule has 0 radical (unpaired) electrons. The molecule has 22 heavy (non-hydrogen) atoms. The predicted octanol–water partition coefficient (Wildman–Crippen LogP) is 1.46. The minimum absolute atomic E-state index is 0.0735. The van der Waals surface area contributed by atoms with Crippen LogP contribution in [0.3, 0.4) is 0 Å². The first-order valence-electron chi connectivity index (χ1n) is 7.17. The van der Waals surface area contributed by atoms with Crippen LogP contribution in [-0.2, 0) is 14.4 Å². The van der Waals surface area contributed by atoms with Crippen LogP contribution in [0.4, 0.5) is 8.78 Å². The minimum atomic E-state index is -0.813. The van der Waals surface area contributed by atoms with Crippen molar-refractivity contribution in [2.24, 2.45) is 5.16 Å². The van der Waals surface area contributed by atoms with Crippen molar-refractivity contribution in [2.75, 3.05) is 19.8 Å². The van der Waals surface area contributed by atoms with E-state index in [0.29, 0.717) is 19.8 Å². The van der Waals surface area contributed by atoms with Gasteiger partial charge in [-0.1, -0.05) is 11.2 Å². The molecule has 116 valence electrons. The van der Waals surface area contributed by atoms with Gasteiger partial charge in [-0.15, -0.1) is 0 Å². The van der Waals surface area contributed by atoms with E-state index in [2.05, 4.69) is 5.16 Å². The normalized spacial score (nSPS) is 25.3. The highest BCUT2D eigenvalue weighted by Gasteiger charge is 2.54. The van der Waals surface area contributed by atoms with Gasteiger partial charge in [-0.3, -0.25) is 4.79 Å². The number of carbonyl (C=O) groups excluding carboxylic acids is 1. The van der Waals surface area contributed by atoms with Crippen LogP contribution in [0.5, 0.6) is 0 Å². The minimum Gasteiger partial charge on any atom is -0.382 e. The number of hydrogen-bond acceptors (Lipinski definition) is 4. The Morgan fingerprint density at radius 2 is 2.05 bits per heavy atom. The van der Waals surface area contributed by atoms with Gasteiger partial charge in [-0.05, 0) is 18.6 Å². The Kier molecular flexibility index (Phi) is 2.94. The zero-order chi connectivity index (χ0) is 15.3. The Morgan fingerprint density at radius 3 is 2.59 bits per heavy atom. The third-order valence-corrected chi connectivity index (χ3v) is 4.58. The van der Waals surface area contributed by atoms with Crippen LogP contribution in [0.2, 0.25) is 0 Å². The molecule has 1 spiro atoms. The van der Waals surface area contributed by atoms with Gasteiger partial charge in [-0.25, -0.2) is 8.78 Å². The van der Waals surface area contributed by atoms with Gasteiger partial charge in [0, 0.05) is 13.0 Å². The number of likely N-dealkylation sites (tertiary alicyclic amines) is 1. The highest BCUT2D eigenvalue weighted by Crippen LogP contribution is 2.38. The summed E-state index contributed by atoms with van der Waals surface area (Å²) in [5.74, 6) is -1.60. The Labute approximate surface area is 125 Å². The summed E-state index contributed by atoms with van der Waals surface area (Å²) in [5, 5.41) is 3.72. The van der Waals surface area contributed by atoms with Crippen molar-refractivity contribution in [3.05, 3.63) is 35.4 Å². The third kappa shape index (κ3) is 1.85. The summed E-state index contributed by atoms with van der Waals surface area (Å²) in [6.07, 6.45) is 0.178. The lowest BCUT2D eigenvalue weighted by atomic mass is 9.82. The van der Waals surface area contributed by atoms with Crippen LogP contribution in [0.15, 0.2) is 23.4 Å². The molecule has 2 saturated heterocycles. The van der Waals surface area contributed by atoms with Crippen LogP contribution in [0, 0.1) is 11.6 Å². The number of amides is 1. The quantitative estimate of drug-likeness (QED) is 0.831. The summed E-state index contributed by atoms with van der Waals surface area (Å²) in [7, 11) is 0. The zero-order valence-corrected chi connectivity index (χ0v) is 11.7. The molecule has 7 heteroatoms. The van der Waals surface area contributed by atoms with Crippen LogP contribution in [0.25, 0.3) is 0 Å². The summed E-state index contributed by atoms with van der Waals surface area (Å²) in [5.41, 5.74) is -0.275. The molecule has 0 aromatic heterocycles. The molecule has 1 aromatic carbocycles. The molecule has 3 aliphatic heterocycles. The molecule has 1 unspecified atom stereocenters. The standard InChI is InChI=1S/C15H14F2N2O3/c16-9-2-1-3-10(17)13(9)11-6-12(22-18-11)14(20)19-5-4-15(19)7-21-8-15/h1-3,12H,4-8H2. The fourth-order valence-electron chi connectivity index (χ4n) is 3.13. The van der Waals surface area contributed by atoms with Crippen LogP contribution in [0.1, 0.15) is 18.4 Å². The highest BCUT2D eigenvalue weighted by molar-refractivity contribution is 6.04. The molecule has 0 aliphatic carbocycles. The summed E-state index contributed by atoms with van der Waals surface area (Å²) in [4.78, 5) is 19.3. The van der Waals surface area contributed by atoms with Gasteiger partial charge >= 0.3 is 0 Å². The third-order valence-electron chi connectivity index (χ3n) is 4.58. The lowest BCUT2D eigenvalue weighted by Crippen LogP contribution is -2.73. The number of halogens is 2. The first-order chi connectivity index (χ1) is 10.6. The van der Waals surface area contributed by atoms with Crippen LogP contribution >= 0.6 is 0 Å². The van der Waals surface area contributed by atoms with Gasteiger partial charge in [0.15, 0.2) is 0 Å². The number of rotatable bonds is 2. The van der Waals surface area contributed by atoms with E-state index in [1.165, 1.54) is 6.07 Å². The van der Waals surface area contributed by atoms with E-state index >= 15 is 0 Å². The zero-order valence-electron chi connectivity index (χ0n) is 11.7. The van der Waals surface area contributed by atoms with E-state index in [1.807, 2.05) is 0 Å². The lowest BCUT2D eigenvalue weighted by Gasteiger charge is -2.57. The maximum atomic E-state index is 13.8. The molecular formula is C15H14F2N2O3. The smallest absolute Gasteiger partial charge is 0.267 e. The Morgan fingerprint density at radius 1 is 1.32 bits per heavy atom. The fraction of sp³-hybridized carbons (Fsp3) is 0.467. The molecule has 3 heterocycles. The van der Waals surface area contributed by atoms with E-state index in [9.17, 15) is 13.6 Å². The van der Waals surface area contributed by atoms with Crippen molar-refractivity contribution in [3.63, 3.8) is 0 Å². The summed E-state index contributed by atoms with van der Waals surface area (Å²) < 4.78 is 32.7. The maximum Gasteiger partial charge on any atom is 0.267 e. The molecule has 2 fully saturated rings. The van der Waals surface area contributed by atoms with Gasteiger partial charge in [0.25, 0.3) is 5.91 Å². The Hall–Kier alpha value is -2.02. The maximum absolute atomic E-state index is 13.8. The fourth-order valence-corrected chi connectivity index (χ4v) is 3.13. The topological polar surface area (TPSA) is 51.1 Å². The Balaban J connectivity index is 1.49. The molecular weight excluding hydrogens is 294 g/mol. The van der Waals surface area contributed by atoms with Crippen molar-refractivity contribution in [1.82, 2.24) is 4.90 Å². The number of carbonyl (C=O) groups is 1. The second-order valence-electron chi connectivity index (χ2n) is 5.89. The molecule has 4 rings (SSSR count). The monoisotopic (exact) mass is 308 g/mol. The number of oxime groups is 1. The average molecular weight is 308 g/mol. The van der Waals surface area contributed by atoms with Crippen molar-refractivity contribution in [2.45, 2.75) is 24.5 Å². The summed E-state index contributed by atoms with van der Waals surface area (Å²) >= 11 is 0. The SMILES string of the molecule is O=C(C1CC(c2c(F)cccc2F)=NO1)N1CCC12COC2. The number of nitrogens with zero attached hydrogens (tertiary/aromatic N) is 2. The van der Waals surface area contributed by atoms with E-state index in [0.717, 1.165) is 18.6 Å². The van der Waals surface area contributed by atoms with Crippen molar-refractivity contribution < 1.29 is 23.1 Å². The molecule has 1 atom stereocenters. The van der Waals surface area contributed by atoms with Crippen molar-refractivity contribution in [1.29, 1.82) is 0 Å². The van der Waals surface area contributed by atoms with Crippen LogP contribution < -0.4 is 0 Å². The molecule has 1 aromatic rings. The highest BCUT2D eigenvalue weighted by atomic mass is 19.1. The Bertz CT molecular complexity index is 647. The van der Waals surface area contributed by atoms with E-state index in [1.54, 1.807) is 4.90 Å². The van der Waals surface area contributed by atoms with Crippen molar-refractivity contribution >= 4 is 11.6 Å². The molecule has 0 N–H and O–H groups in total. The van der Waals surface area contributed by atoms with Crippen LogP contribution in [-0.4, -0.2) is 47.9 Å². The average Bonchev–Trinajstić information content (AvgIpc) is 2.85. The van der Waals surface area contributed by atoms with E-state index in [-0.39, 0.29) is 29.1 Å². The predicted molar refractivity (Wildman–Crippen MR) is 72.3 cm³/mol. The van der Waals surface area contributed by atoms with Gasteiger partial charge < -0.3 is 14.5 Å². The van der Waals surface area contributed by atoms with Crippen molar-refractivity contribution in [3.8, 4) is 0 Å². The van der Waals surface area contributed by atoms with Gasteiger partial charge in [0.1, 0.15) is 11.6 Å². The number of hydrogen-bond donors (Lipinski definition) is 0. The number of ether oxygens (including phenoxy) is 1. The molecule has 5 nitrogen and oxygen atoms in total. The molecule has 0 bridgehead atoms. The van der Waals surface area contributed by atoms with Gasteiger partial charge in [0.05, 0.1) is 30.0 Å². The number of benzene rings is 1.